The van der Waals surface area contributed by atoms with E-state index in [1.165, 1.54) is 10.4 Å². The van der Waals surface area contributed by atoms with E-state index in [0.29, 0.717) is 30.8 Å². The molecule has 0 spiro atoms. The van der Waals surface area contributed by atoms with E-state index in [1.54, 1.807) is 24.3 Å². The van der Waals surface area contributed by atoms with Crippen molar-refractivity contribution in [3.63, 3.8) is 0 Å². The Kier molecular flexibility index (Phi) is 8.13. The molecule has 2 amide bonds. The summed E-state index contributed by atoms with van der Waals surface area (Å²) in [7, 11) is 0. The van der Waals surface area contributed by atoms with Gasteiger partial charge in [0.2, 0.25) is 5.91 Å². The van der Waals surface area contributed by atoms with Crippen molar-refractivity contribution in [2.24, 2.45) is 0 Å². The number of ether oxygens (including phenoxy) is 1. The third kappa shape index (κ3) is 6.58. The van der Waals surface area contributed by atoms with Gasteiger partial charge in [-0.3, -0.25) is 14.6 Å². The van der Waals surface area contributed by atoms with Gasteiger partial charge in [0.15, 0.2) is 0 Å². The quantitative estimate of drug-likeness (QED) is 0.481. The fourth-order valence-electron chi connectivity index (χ4n) is 4.38. The number of nitrogens with zero attached hydrogens (tertiary/aromatic N) is 2. The van der Waals surface area contributed by atoms with Gasteiger partial charge in [0.1, 0.15) is 18.4 Å². The maximum absolute atomic E-state index is 13.0. The van der Waals surface area contributed by atoms with Crippen LogP contribution in [0.15, 0.2) is 54.6 Å². The maximum Gasteiger partial charge on any atom is 0.493 e. The number of fused-ring (bicyclic) bond motifs is 1. The van der Waals surface area contributed by atoms with Crippen molar-refractivity contribution in [3.05, 3.63) is 71.4 Å². The van der Waals surface area contributed by atoms with Crippen LogP contribution in [0.1, 0.15) is 36.1 Å². The number of carbonyl (C=O) groups is 3. The van der Waals surface area contributed by atoms with Crippen LogP contribution in [0, 0.1) is 6.92 Å². The average Bonchev–Trinajstić information content (AvgIpc) is 2.90. The van der Waals surface area contributed by atoms with E-state index in [-0.39, 0.29) is 25.3 Å². The number of hydrogen-bond donors (Lipinski definition) is 1. The highest BCUT2D eigenvalue weighted by Crippen LogP contribution is 2.23. The van der Waals surface area contributed by atoms with E-state index in [1.807, 2.05) is 37.3 Å². The molecule has 0 radical (unpaired) electrons. The van der Waals surface area contributed by atoms with Crippen molar-refractivity contribution in [1.29, 1.82) is 0 Å². The number of likely N-dealkylation sites (tertiary alicyclic amines) is 1. The Hall–Kier alpha value is -4.15. The second kappa shape index (κ2) is 11.5. The van der Waals surface area contributed by atoms with Crippen molar-refractivity contribution in [1.82, 2.24) is 15.4 Å². The van der Waals surface area contributed by atoms with Crippen LogP contribution in [0.25, 0.3) is 10.9 Å². The molecule has 2 heterocycles. The van der Waals surface area contributed by atoms with Crippen LogP contribution in [-0.4, -0.2) is 46.4 Å². The number of hydrogen-bond acceptors (Lipinski definition) is 6. The first-order valence-corrected chi connectivity index (χ1v) is 12.1. The molecule has 0 aliphatic carbocycles. The Morgan fingerprint density at radius 3 is 2.55 bits per heavy atom. The molecule has 38 heavy (non-hydrogen) atoms. The largest absolute Gasteiger partial charge is 0.493 e. The Morgan fingerprint density at radius 1 is 1.08 bits per heavy atom. The van der Waals surface area contributed by atoms with E-state index in [0.717, 1.165) is 22.2 Å². The molecule has 0 saturated carbocycles. The number of piperidine rings is 1. The predicted molar refractivity (Wildman–Crippen MR) is 131 cm³/mol. The second-order valence-corrected chi connectivity index (χ2v) is 9.00. The molecule has 1 fully saturated rings. The molecule has 1 aliphatic heterocycles. The van der Waals surface area contributed by atoms with Crippen molar-refractivity contribution < 1.29 is 37.1 Å². The smallest absolute Gasteiger partial charge is 0.489 e. The molecule has 3 aromatic rings. The molecule has 0 unspecified atom stereocenters. The number of carbonyl (C=O) groups excluding carboxylic acids is 3. The van der Waals surface area contributed by atoms with E-state index < -0.39 is 24.1 Å². The van der Waals surface area contributed by atoms with Crippen LogP contribution < -0.4 is 10.2 Å². The maximum atomic E-state index is 13.0. The highest BCUT2D eigenvalue weighted by molar-refractivity contribution is 5.89. The summed E-state index contributed by atoms with van der Waals surface area (Å²) in [6.07, 6.45) is -3.75. The minimum atomic E-state index is -5.24. The zero-order valence-electron chi connectivity index (χ0n) is 20.6. The van der Waals surface area contributed by atoms with E-state index in [2.05, 4.69) is 9.82 Å². The first kappa shape index (κ1) is 26.9. The van der Waals surface area contributed by atoms with Crippen LogP contribution in [0.5, 0.6) is 5.75 Å². The van der Waals surface area contributed by atoms with Gasteiger partial charge in [-0.05, 0) is 56.0 Å². The number of aryl methyl sites for hydroxylation is 1. The van der Waals surface area contributed by atoms with Gasteiger partial charge in [-0.25, -0.2) is 4.79 Å². The third-order valence-corrected chi connectivity index (χ3v) is 6.20. The third-order valence-electron chi connectivity index (χ3n) is 6.20. The van der Waals surface area contributed by atoms with Crippen LogP contribution in [-0.2, 0) is 32.2 Å². The fourth-order valence-corrected chi connectivity index (χ4v) is 4.38. The molecule has 2 aromatic carbocycles. The number of rotatable bonds is 6. The number of halogens is 3. The van der Waals surface area contributed by atoms with Gasteiger partial charge in [0.05, 0.1) is 11.9 Å². The monoisotopic (exact) mass is 529 g/mol. The number of aromatic nitrogens is 1. The molecule has 8 nitrogen and oxygen atoms in total. The summed E-state index contributed by atoms with van der Waals surface area (Å²) in [6.45, 7) is 2.53. The van der Waals surface area contributed by atoms with E-state index >= 15 is 0 Å². The van der Waals surface area contributed by atoms with Gasteiger partial charge in [0, 0.05) is 23.2 Å². The lowest BCUT2D eigenvalue weighted by Crippen LogP contribution is -2.53. The number of nitrogens with one attached hydrogen (secondary N) is 1. The summed E-state index contributed by atoms with van der Waals surface area (Å²) >= 11 is 0. The Bertz CT molecular complexity index is 1330. The van der Waals surface area contributed by atoms with Crippen LogP contribution >= 0.6 is 0 Å². The molecular formula is C27H26F3N3O5. The lowest BCUT2D eigenvalue weighted by Gasteiger charge is -2.34. The SMILES string of the molecule is Cc1cc(COc2ccc(CC(=O)N3CCCC[C@@H]3C(=O)NOC(=O)C(F)(F)F)cc2)c2ccccc2n1. The number of pyridine rings is 1. The molecule has 4 rings (SSSR count). The standard InChI is InChI=1S/C27H26F3N3O5/c1-17-14-19(21-6-2-3-7-22(21)31-17)16-37-20-11-9-18(10-12-20)15-24(34)33-13-5-4-8-23(33)25(35)32-38-26(36)27(28,29)30/h2-3,6-7,9-12,14,23H,4-5,8,13,15-16H2,1H3,(H,32,35)/t23-/m1/s1. The normalized spacial score (nSPS) is 15.7. The van der Waals surface area contributed by atoms with Gasteiger partial charge < -0.3 is 14.5 Å². The first-order chi connectivity index (χ1) is 18.1. The van der Waals surface area contributed by atoms with Gasteiger partial charge >= 0.3 is 12.1 Å². The topological polar surface area (TPSA) is 97.8 Å². The molecule has 1 saturated heterocycles. The van der Waals surface area contributed by atoms with Crippen LogP contribution in [0.2, 0.25) is 0 Å². The number of hydroxylamine groups is 1. The molecule has 11 heteroatoms. The fraction of sp³-hybridized carbons (Fsp3) is 0.333. The molecule has 1 N–H and O–H groups in total. The van der Waals surface area contributed by atoms with Crippen LogP contribution in [0.4, 0.5) is 13.2 Å². The summed E-state index contributed by atoms with van der Waals surface area (Å²) in [5.41, 5.74) is 5.00. The summed E-state index contributed by atoms with van der Waals surface area (Å²) in [4.78, 5) is 45.9. The summed E-state index contributed by atoms with van der Waals surface area (Å²) in [5.74, 6) is -3.26. The first-order valence-electron chi connectivity index (χ1n) is 12.1. The summed E-state index contributed by atoms with van der Waals surface area (Å²) in [6, 6.07) is 15.7. The van der Waals surface area contributed by atoms with E-state index in [4.69, 9.17) is 4.74 Å². The van der Waals surface area contributed by atoms with Gasteiger partial charge in [-0.2, -0.15) is 18.7 Å². The van der Waals surface area contributed by atoms with E-state index in [9.17, 15) is 27.6 Å². The van der Waals surface area contributed by atoms with Crippen molar-refractivity contribution >= 4 is 28.7 Å². The highest BCUT2D eigenvalue weighted by Gasteiger charge is 2.42. The molecular weight excluding hydrogens is 503 g/mol. The number of para-hydroxylation sites is 1. The molecule has 1 aliphatic rings. The number of benzene rings is 2. The lowest BCUT2D eigenvalue weighted by atomic mass is 10.00. The lowest BCUT2D eigenvalue weighted by molar-refractivity contribution is -0.208. The summed E-state index contributed by atoms with van der Waals surface area (Å²) in [5, 5.41) is 1.01. The molecule has 1 aromatic heterocycles. The minimum Gasteiger partial charge on any atom is -0.489 e. The zero-order chi connectivity index (χ0) is 27.3. The Morgan fingerprint density at radius 2 is 1.82 bits per heavy atom. The van der Waals surface area contributed by atoms with Crippen molar-refractivity contribution in [2.75, 3.05) is 6.54 Å². The summed E-state index contributed by atoms with van der Waals surface area (Å²) < 4.78 is 42.9. The number of alkyl halides is 3. The highest BCUT2D eigenvalue weighted by atomic mass is 19.4. The average molecular weight is 530 g/mol. The van der Waals surface area contributed by atoms with Gasteiger partial charge in [-0.15, -0.1) is 0 Å². The molecule has 200 valence electrons. The van der Waals surface area contributed by atoms with Crippen LogP contribution in [0.3, 0.4) is 0 Å². The van der Waals surface area contributed by atoms with Gasteiger partial charge in [-0.1, -0.05) is 30.3 Å². The van der Waals surface area contributed by atoms with Gasteiger partial charge in [0.25, 0.3) is 5.91 Å². The second-order valence-electron chi connectivity index (χ2n) is 9.00. The van der Waals surface area contributed by atoms with Crippen molar-refractivity contribution in [2.45, 2.75) is 51.4 Å². The Labute approximate surface area is 216 Å². The van der Waals surface area contributed by atoms with Crippen molar-refractivity contribution in [3.8, 4) is 5.75 Å². The molecule has 0 bridgehead atoms. The zero-order valence-corrected chi connectivity index (χ0v) is 20.6. The predicted octanol–water partition coefficient (Wildman–Crippen LogP) is 4.18. The Balaban J connectivity index is 1.35. The number of amides is 2. The molecule has 1 atom stereocenters. The minimum absolute atomic E-state index is 0.0133.